The minimum absolute atomic E-state index is 0.0104. The highest BCUT2D eigenvalue weighted by atomic mass is 16.6. The van der Waals surface area contributed by atoms with E-state index in [0.29, 0.717) is 0 Å². The first-order chi connectivity index (χ1) is 8.84. The molecule has 0 amide bonds. The number of hydrogen-bond donors (Lipinski definition) is 0. The molecule has 5 nitrogen and oxygen atoms in total. The monoisotopic (exact) mass is 262 g/mol. The molecule has 0 bridgehead atoms. The van der Waals surface area contributed by atoms with Crippen LogP contribution >= 0.6 is 0 Å². The lowest BCUT2D eigenvalue weighted by atomic mass is 9.33. The Morgan fingerprint density at radius 2 is 1.58 bits per heavy atom. The van der Waals surface area contributed by atoms with Crippen molar-refractivity contribution in [3.05, 3.63) is 0 Å². The Kier molecular flexibility index (Phi) is 1.67. The number of ketones is 2. The SMILES string of the molecule is CC12C(=O)OC(=O)C1C1(C)C(=O)C3CCC3C(=O)C21. The number of carbonyl (C=O) groups excluding carboxylic acids is 4. The smallest absolute Gasteiger partial charge is 0.321 e. The number of ether oxygens (including phenoxy) is 1. The van der Waals surface area contributed by atoms with Gasteiger partial charge < -0.3 is 4.74 Å². The first-order valence-corrected chi connectivity index (χ1v) is 6.68. The Bertz CT molecular complexity index is 578. The minimum atomic E-state index is -1.11. The topological polar surface area (TPSA) is 77.5 Å². The largest absolute Gasteiger partial charge is 0.392 e. The van der Waals surface area contributed by atoms with Crippen LogP contribution in [0, 0.1) is 34.5 Å². The number of hydrogen-bond acceptors (Lipinski definition) is 5. The Balaban J connectivity index is 1.89. The highest BCUT2D eigenvalue weighted by molar-refractivity contribution is 6.15. The molecule has 1 saturated heterocycles. The Hall–Kier alpha value is -1.52. The van der Waals surface area contributed by atoms with Crippen molar-refractivity contribution in [3.63, 3.8) is 0 Å². The first-order valence-electron chi connectivity index (χ1n) is 6.68. The second kappa shape index (κ2) is 2.81. The van der Waals surface area contributed by atoms with Crippen molar-refractivity contribution in [2.45, 2.75) is 26.7 Å². The summed E-state index contributed by atoms with van der Waals surface area (Å²) >= 11 is 0. The third-order valence-corrected chi connectivity index (χ3v) is 6.06. The molecular formula is C14H14O5. The van der Waals surface area contributed by atoms with E-state index in [1.807, 2.05) is 0 Å². The average molecular weight is 262 g/mol. The van der Waals surface area contributed by atoms with Gasteiger partial charge in [0, 0.05) is 17.8 Å². The first kappa shape index (κ1) is 11.3. The Labute approximate surface area is 109 Å². The van der Waals surface area contributed by atoms with Crippen LogP contribution in [0.5, 0.6) is 0 Å². The van der Waals surface area contributed by atoms with Gasteiger partial charge in [0.2, 0.25) is 0 Å². The van der Waals surface area contributed by atoms with E-state index in [4.69, 9.17) is 4.74 Å². The van der Waals surface area contributed by atoms with Gasteiger partial charge in [-0.15, -0.1) is 0 Å². The summed E-state index contributed by atoms with van der Waals surface area (Å²) in [6.45, 7) is 3.26. The molecular weight excluding hydrogens is 248 g/mol. The van der Waals surface area contributed by atoms with Gasteiger partial charge in [0.15, 0.2) is 0 Å². The van der Waals surface area contributed by atoms with Gasteiger partial charge in [-0.05, 0) is 19.8 Å². The number of rotatable bonds is 0. The molecule has 4 fully saturated rings. The van der Waals surface area contributed by atoms with E-state index in [1.54, 1.807) is 13.8 Å². The second-order valence-corrected chi connectivity index (χ2v) is 6.70. The molecule has 0 aromatic heterocycles. The lowest BCUT2D eigenvalue weighted by Crippen LogP contribution is -2.75. The van der Waals surface area contributed by atoms with Crippen molar-refractivity contribution in [1.29, 1.82) is 0 Å². The van der Waals surface area contributed by atoms with Crippen LogP contribution in [0.3, 0.4) is 0 Å². The van der Waals surface area contributed by atoms with Crippen LogP contribution < -0.4 is 0 Å². The standard InChI is InChI=1S/C14H14O5/c1-13-8(7(15)5-3-4-6(5)10(13)16)14(2)9(13)11(17)19-12(14)18/h5-6,8-9H,3-4H2,1-2H3. The normalized spacial score (nSPS) is 54.6. The van der Waals surface area contributed by atoms with Gasteiger partial charge in [-0.3, -0.25) is 19.2 Å². The van der Waals surface area contributed by atoms with Crippen molar-refractivity contribution in [2.75, 3.05) is 0 Å². The van der Waals surface area contributed by atoms with Crippen LogP contribution in [0.4, 0.5) is 0 Å². The van der Waals surface area contributed by atoms with Gasteiger partial charge in [0.1, 0.15) is 11.6 Å². The number of esters is 2. The molecule has 0 spiro atoms. The maximum Gasteiger partial charge on any atom is 0.321 e. The number of Topliss-reactive ketones (excluding diaryl/α,β-unsaturated/α-hetero) is 2. The van der Waals surface area contributed by atoms with Crippen molar-refractivity contribution in [2.24, 2.45) is 34.5 Å². The van der Waals surface area contributed by atoms with E-state index in [2.05, 4.69) is 0 Å². The van der Waals surface area contributed by atoms with Crippen LogP contribution in [-0.2, 0) is 23.9 Å². The van der Waals surface area contributed by atoms with Gasteiger partial charge in [0.05, 0.1) is 16.7 Å². The summed E-state index contributed by atoms with van der Waals surface area (Å²) < 4.78 is 4.71. The number of carbonyl (C=O) groups is 4. The summed E-state index contributed by atoms with van der Waals surface area (Å²) in [7, 11) is 0. The summed E-state index contributed by atoms with van der Waals surface area (Å²) in [6.07, 6.45) is 1.45. The molecule has 3 saturated carbocycles. The summed E-state index contributed by atoms with van der Waals surface area (Å²) in [5.41, 5.74) is -2.13. The molecule has 4 aliphatic rings. The molecule has 0 aromatic carbocycles. The molecule has 6 atom stereocenters. The van der Waals surface area contributed by atoms with Gasteiger partial charge >= 0.3 is 11.9 Å². The number of fused-ring (bicyclic) bond motifs is 5. The van der Waals surface area contributed by atoms with Gasteiger partial charge in [-0.25, -0.2) is 0 Å². The zero-order valence-electron chi connectivity index (χ0n) is 10.8. The van der Waals surface area contributed by atoms with Gasteiger partial charge in [0.25, 0.3) is 0 Å². The summed E-state index contributed by atoms with van der Waals surface area (Å²) in [4.78, 5) is 48.9. The van der Waals surface area contributed by atoms with E-state index in [-0.39, 0.29) is 23.4 Å². The molecule has 3 aliphatic carbocycles. The predicted octanol–water partition coefficient (Wildman–Crippen LogP) is 0.506. The predicted molar refractivity (Wildman–Crippen MR) is 60.5 cm³/mol. The Morgan fingerprint density at radius 3 is 2.16 bits per heavy atom. The third kappa shape index (κ3) is 0.857. The van der Waals surface area contributed by atoms with E-state index >= 15 is 0 Å². The van der Waals surface area contributed by atoms with Crippen molar-refractivity contribution >= 4 is 23.5 Å². The number of cyclic esters (lactones) is 2. The fourth-order valence-corrected chi connectivity index (χ4v) is 5.11. The van der Waals surface area contributed by atoms with E-state index in [9.17, 15) is 19.2 Å². The fourth-order valence-electron chi connectivity index (χ4n) is 5.11. The molecule has 6 unspecified atom stereocenters. The fraction of sp³-hybridized carbons (Fsp3) is 0.714. The lowest BCUT2D eigenvalue weighted by molar-refractivity contribution is -0.208. The highest BCUT2D eigenvalue weighted by Crippen LogP contribution is 2.72. The third-order valence-electron chi connectivity index (χ3n) is 6.06. The molecule has 0 aromatic rings. The van der Waals surface area contributed by atoms with Crippen molar-refractivity contribution < 1.29 is 23.9 Å². The molecule has 4 rings (SSSR count). The zero-order chi connectivity index (χ0) is 13.7. The van der Waals surface area contributed by atoms with E-state index in [1.165, 1.54) is 0 Å². The maximum absolute atomic E-state index is 12.6. The molecule has 100 valence electrons. The summed E-state index contributed by atoms with van der Waals surface area (Å²) in [5, 5.41) is 0. The van der Waals surface area contributed by atoms with Crippen molar-refractivity contribution in [1.82, 2.24) is 0 Å². The molecule has 0 radical (unpaired) electrons. The molecule has 19 heavy (non-hydrogen) atoms. The van der Waals surface area contributed by atoms with E-state index < -0.39 is 34.6 Å². The lowest BCUT2D eigenvalue weighted by Gasteiger charge is -2.64. The maximum atomic E-state index is 12.6. The van der Waals surface area contributed by atoms with Crippen LogP contribution in [0.2, 0.25) is 0 Å². The van der Waals surface area contributed by atoms with E-state index in [0.717, 1.165) is 12.8 Å². The molecule has 1 heterocycles. The minimum Gasteiger partial charge on any atom is -0.392 e. The summed E-state index contributed by atoms with van der Waals surface area (Å²) in [5.74, 6) is -3.19. The highest BCUT2D eigenvalue weighted by Gasteiger charge is 2.84. The Morgan fingerprint density at radius 1 is 0.947 bits per heavy atom. The quantitative estimate of drug-likeness (QED) is 0.469. The average Bonchev–Trinajstić information content (AvgIpc) is 2.43. The van der Waals surface area contributed by atoms with Crippen LogP contribution in [0.1, 0.15) is 26.7 Å². The van der Waals surface area contributed by atoms with Crippen molar-refractivity contribution in [3.8, 4) is 0 Å². The molecule has 0 N–H and O–H groups in total. The second-order valence-electron chi connectivity index (χ2n) is 6.70. The molecule has 1 aliphatic heterocycles. The van der Waals surface area contributed by atoms with Crippen LogP contribution in [-0.4, -0.2) is 23.5 Å². The van der Waals surface area contributed by atoms with Crippen LogP contribution in [0.25, 0.3) is 0 Å². The van der Waals surface area contributed by atoms with Crippen LogP contribution in [0.15, 0.2) is 0 Å². The van der Waals surface area contributed by atoms with Gasteiger partial charge in [-0.1, -0.05) is 6.92 Å². The molecule has 5 heteroatoms. The zero-order valence-corrected chi connectivity index (χ0v) is 10.8. The summed E-state index contributed by atoms with van der Waals surface area (Å²) in [6, 6.07) is 0. The van der Waals surface area contributed by atoms with Gasteiger partial charge in [-0.2, -0.15) is 0 Å².